The molecule has 6 atom stereocenters. The zero-order chi connectivity index (χ0) is 43.6. The van der Waals surface area contributed by atoms with Crippen molar-refractivity contribution in [3.63, 3.8) is 0 Å². The quantitative estimate of drug-likeness (QED) is 0.0497. The van der Waals surface area contributed by atoms with Crippen molar-refractivity contribution in [2.75, 3.05) is 82.0 Å². The van der Waals surface area contributed by atoms with E-state index in [1.807, 2.05) is 0 Å². The van der Waals surface area contributed by atoms with Crippen molar-refractivity contribution in [1.82, 2.24) is 0 Å². The van der Waals surface area contributed by atoms with Gasteiger partial charge in [0.1, 0.15) is 26.4 Å². The number of esters is 8. The minimum atomic E-state index is -0.898. The molecule has 0 aromatic rings. The van der Waals surface area contributed by atoms with Gasteiger partial charge >= 0.3 is 47.8 Å². The summed E-state index contributed by atoms with van der Waals surface area (Å²) in [5, 5.41) is 0. The Balaban J connectivity index is 0.000000580. The van der Waals surface area contributed by atoms with Gasteiger partial charge in [0.15, 0.2) is 27.2 Å². The molecule has 0 N–H and O–H groups in total. The molecule has 2 fully saturated rings. The molecule has 2 aliphatic carbocycles. The van der Waals surface area contributed by atoms with E-state index in [-0.39, 0.29) is 90.4 Å². The number of rotatable bonds is 22. The average Bonchev–Trinajstić information content (AvgIpc) is 3.22. The lowest BCUT2D eigenvalue weighted by Crippen LogP contribution is -2.40. The van der Waals surface area contributed by atoms with Crippen LogP contribution in [0.15, 0.2) is 24.3 Å². The Kier molecular flexibility index (Phi) is 25.1. The number of ether oxygens (including phenoxy) is 12. The predicted molar refractivity (Wildman–Crippen MR) is 194 cm³/mol. The summed E-state index contributed by atoms with van der Waals surface area (Å²) in [5.74, 6) is -9.26. The van der Waals surface area contributed by atoms with Crippen molar-refractivity contribution in [2.45, 2.75) is 52.4 Å². The fraction of sp³-hybridized carbons (Fsp3) is 0.684. The summed E-state index contributed by atoms with van der Waals surface area (Å²) in [6.07, 6.45) is 1.34. The molecule has 0 spiro atoms. The molecule has 2 aliphatic rings. The largest absolute Gasteiger partial charge is 0.462 e. The van der Waals surface area contributed by atoms with E-state index in [4.69, 9.17) is 56.8 Å². The average molecular weight is 833 g/mol. The Morgan fingerprint density at radius 3 is 1.00 bits per heavy atom. The molecule has 2 rings (SSSR count). The molecule has 20 heteroatoms. The van der Waals surface area contributed by atoms with E-state index >= 15 is 0 Å². The molecule has 0 amide bonds. The first-order valence-corrected chi connectivity index (χ1v) is 18.2. The van der Waals surface area contributed by atoms with Gasteiger partial charge in [-0.05, 0) is 52.4 Å². The van der Waals surface area contributed by atoms with Gasteiger partial charge in [-0.3, -0.25) is 28.8 Å². The fourth-order valence-electron chi connectivity index (χ4n) is 5.79. The molecule has 328 valence electrons. The number of carbonyl (C=O) groups is 8. The maximum absolute atomic E-state index is 12.6. The standard InChI is InChI=1S/2C19H28O10/c1-12(2)16(20)26-7-8-27-19(23)15-9-13(17(21)28-10-24-3)5-6-14(15)18(22)29-11-25-4;1-12(2)16(20)26-7-8-27-18(22)14-6-5-13(17(21)28-10-24-3)9-15(14)19(23)29-11-25-4/h2*13-15H,1,5-11H2,2-4H3. The summed E-state index contributed by atoms with van der Waals surface area (Å²) < 4.78 is 58.7. The van der Waals surface area contributed by atoms with Crippen LogP contribution in [0.5, 0.6) is 0 Å². The molecule has 20 nitrogen and oxygen atoms in total. The summed E-state index contributed by atoms with van der Waals surface area (Å²) in [6.45, 7) is 8.36. The van der Waals surface area contributed by atoms with Gasteiger partial charge in [-0.15, -0.1) is 0 Å². The van der Waals surface area contributed by atoms with Crippen molar-refractivity contribution in [2.24, 2.45) is 35.5 Å². The summed E-state index contributed by atoms with van der Waals surface area (Å²) in [4.78, 5) is 96.5. The fourth-order valence-corrected chi connectivity index (χ4v) is 5.79. The van der Waals surface area contributed by atoms with E-state index < -0.39 is 83.3 Å². The second-order valence-corrected chi connectivity index (χ2v) is 13.1. The van der Waals surface area contributed by atoms with E-state index in [0.717, 1.165) is 0 Å². The third-order valence-electron chi connectivity index (χ3n) is 8.67. The van der Waals surface area contributed by atoms with Crippen LogP contribution in [0.25, 0.3) is 0 Å². The van der Waals surface area contributed by atoms with Crippen LogP contribution < -0.4 is 0 Å². The zero-order valence-corrected chi connectivity index (χ0v) is 33.9. The van der Waals surface area contributed by atoms with E-state index in [1.54, 1.807) is 0 Å². The first kappa shape index (κ1) is 51.1. The Bertz CT molecular complexity index is 1410. The second-order valence-electron chi connectivity index (χ2n) is 13.1. The predicted octanol–water partition coefficient (Wildman–Crippen LogP) is 1.95. The lowest BCUT2D eigenvalue weighted by atomic mass is 9.74. The smallest absolute Gasteiger partial charge is 0.333 e. The molecule has 0 heterocycles. The Labute approximate surface area is 337 Å². The van der Waals surface area contributed by atoms with Crippen LogP contribution in [0.3, 0.4) is 0 Å². The molecule has 0 aromatic heterocycles. The highest BCUT2D eigenvalue weighted by molar-refractivity contribution is 5.88. The van der Waals surface area contributed by atoms with Gasteiger partial charge in [-0.1, -0.05) is 13.2 Å². The third kappa shape index (κ3) is 18.6. The lowest BCUT2D eigenvalue weighted by Gasteiger charge is -2.32. The van der Waals surface area contributed by atoms with Gasteiger partial charge < -0.3 is 56.8 Å². The van der Waals surface area contributed by atoms with Crippen LogP contribution in [0, 0.1) is 35.5 Å². The molecular formula is C38H56O20. The monoisotopic (exact) mass is 832 g/mol. The molecule has 0 aliphatic heterocycles. The molecule has 0 saturated heterocycles. The SMILES string of the molecule is C=C(C)C(=O)OCCOC(=O)C1CC(C(=O)OCOC)CCC1C(=O)OCOC.C=C(C)C(=O)OCCOC(=O)C1CCC(C(=O)OCOC)CC1C(=O)OCOC. The molecule has 0 aromatic carbocycles. The topological polar surface area (TPSA) is 247 Å². The van der Waals surface area contributed by atoms with E-state index in [2.05, 4.69) is 13.2 Å². The van der Waals surface area contributed by atoms with Crippen molar-refractivity contribution < 1.29 is 95.2 Å². The maximum Gasteiger partial charge on any atom is 0.333 e. The van der Waals surface area contributed by atoms with Gasteiger partial charge in [0.2, 0.25) is 0 Å². The Morgan fingerprint density at radius 2 is 0.672 bits per heavy atom. The van der Waals surface area contributed by atoms with Crippen LogP contribution in [-0.4, -0.2) is 130 Å². The van der Waals surface area contributed by atoms with Gasteiger partial charge in [0, 0.05) is 39.6 Å². The first-order chi connectivity index (χ1) is 27.6. The van der Waals surface area contributed by atoms with Crippen LogP contribution in [-0.2, 0) is 95.2 Å². The highest BCUT2D eigenvalue weighted by Crippen LogP contribution is 2.37. The number of carbonyl (C=O) groups excluding carboxylic acids is 8. The summed E-state index contributed by atoms with van der Waals surface area (Å²) in [6, 6.07) is 0. The van der Waals surface area contributed by atoms with Crippen molar-refractivity contribution in [3.8, 4) is 0 Å². The number of hydrogen-bond acceptors (Lipinski definition) is 20. The first-order valence-electron chi connectivity index (χ1n) is 18.2. The van der Waals surface area contributed by atoms with E-state index in [9.17, 15) is 38.4 Å². The van der Waals surface area contributed by atoms with Gasteiger partial charge in [-0.25, -0.2) is 9.59 Å². The van der Waals surface area contributed by atoms with Crippen molar-refractivity contribution in [1.29, 1.82) is 0 Å². The Hall–Kier alpha value is -4.92. The second kappa shape index (κ2) is 28.5. The Morgan fingerprint density at radius 1 is 0.397 bits per heavy atom. The van der Waals surface area contributed by atoms with E-state index in [1.165, 1.54) is 42.3 Å². The van der Waals surface area contributed by atoms with Crippen LogP contribution in [0.4, 0.5) is 0 Å². The normalized spacial score (nSPS) is 21.0. The highest BCUT2D eigenvalue weighted by Gasteiger charge is 2.45. The third-order valence-corrected chi connectivity index (χ3v) is 8.67. The molecule has 0 bridgehead atoms. The molecule has 6 unspecified atom stereocenters. The zero-order valence-electron chi connectivity index (χ0n) is 33.9. The van der Waals surface area contributed by atoms with Gasteiger partial charge in [-0.2, -0.15) is 0 Å². The summed E-state index contributed by atoms with van der Waals surface area (Å²) in [5.41, 5.74) is 0.456. The summed E-state index contributed by atoms with van der Waals surface area (Å²) in [7, 11) is 5.50. The van der Waals surface area contributed by atoms with Crippen molar-refractivity contribution >= 4 is 47.8 Å². The summed E-state index contributed by atoms with van der Waals surface area (Å²) >= 11 is 0. The highest BCUT2D eigenvalue weighted by atomic mass is 16.7. The lowest BCUT2D eigenvalue weighted by molar-refractivity contribution is -0.175. The molecule has 0 radical (unpaired) electrons. The van der Waals surface area contributed by atoms with Crippen LogP contribution in [0.1, 0.15) is 52.4 Å². The van der Waals surface area contributed by atoms with Crippen LogP contribution >= 0.6 is 0 Å². The van der Waals surface area contributed by atoms with Crippen molar-refractivity contribution in [3.05, 3.63) is 24.3 Å². The molecule has 2 saturated carbocycles. The van der Waals surface area contributed by atoms with Gasteiger partial charge in [0.05, 0.1) is 35.5 Å². The maximum atomic E-state index is 12.6. The van der Waals surface area contributed by atoms with E-state index in [0.29, 0.717) is 12.8 Å². The van der Waals surface area contributed by atoms with Crippen LogP contribution in [0.2, 0.25) is 0 Å². The minimum Gasteiger partial charge on any atom is -0.462 e. The molecule has 58 heavy (non-hydrogen) atoms. The minimum absolute atomic E-state index is 0.0691. The number of hydrogen-bond donors (Lipinski definition) is 0. The van der Waals surface area contributed by atoms with Gasteiger partial charge in [0.25, 0.3) is 0 Å². The number of methoxy groups -OCH3 is 4. The molecular weight excluding hydrogens is 776 g/mol.